The number of hydrogen-bond acceptors (Lipinski definition) is 4. The minimum atomic E-state index is 0.0178. The number of anilines is 1. The lowest BCUT2D eigenvalue weighted by Gasteiger charge is -2.31. The van der Waals surface area contributed by atoms with E-state index < -0.39 is 0 Å². The van der Waals surface area contributed by atoms with E-state index in [1.54, 1.807) is 7.11 Å². The number of hydrogen-bond donors (Lipinski definition) is 1. The predicted octanol–water partition coefficient (Wildman–Crippen LogP) is 3.67. The van der Waals surface area contributed by atoms with Crippen molar-refractivity contribution in [2.24, 2.45) is 0 Å². The summed E-state index contributed by atoms with van der Waals surface area (Å²) >= 11 is 3.43. The van der Waals surface area contributed by atoms with Crippen molar-refractivity contribution in [3.05, 3.63) is 52.8 Å². The van der Waals surface area contributed by atoms with Gasteiger partial charge in [-0.2, -0.15) is 0 Å². The standard InChI is InChI=1S/C19H22BrN3O2/c1-25-16-7-5-15(6-8-16)21-19(24)13-23-11-9-14(10-12-23)17-3-2-4-18(20)22-17/h2-8,14H,9-13H2,1H3,(H,21,24). The van der Waals surface area contributed by atoms with Crippen LogP contribution >= 0.6 is 15.9 Å². The molecule has 0 aliphatic carbocycles. The first-order valence-corrected chi connectivity index (χ1v) is 9.22. The van der Waals surface area contributed by atoms with E-state index in [2.05, 4.69) is 37.2 Å². The minimum Gasteiger partial charge on any atom is -0.497 e. The Hall–Kier alpha value is -1.92. The zero-order chi connectivity index (χ0) is 17.6. The SMILES string of the molecule is COc1ccc(NC(=O)CN2CCC(c3cccc(Br)n3)CC2)cc1. The van der Waals surface area contributed by atoms with Gasteiger partial charge in [-0.25, -0.2) is 4.98 Å². The van der Waals surface area contributed by atoms with Gasteiger partial charge in [0.2, 0.25) is 5.91 Å². The van der Waals surface area contributed by atoms with Crippen LogP contribution in [-0.4, -0.2) is 42.5 Å². The van der Waals surface area contributed by atoms with Crippen LogP contribution in [0.15, 0.2) is 47.1 Å². The van der Waals surface area contributed by atoms with Gasteiger partial charge >= 0.3 is 0 Å². The van der Waals surface area contributed by atoms with Crippen LogP contribution in [0.5, 0.6) is 5.75 Å². The highest BCUT2D eigenvalue weighted by atomic mass is 79.9. The second kappa shape index (κ2) is 8.45. The summed E-state index contributed by atoms with van der Waals surface area (Å²) in [4.78, 5) is 19.0. The Bertz CT molecular complexity index is 713. The summed E-state index contributed by atoms with van der Waals surface area (Å²) in [7, 11) is 1.63. The van der Waals surface area contributed by atoms with Crippen molar-refractivity contribution in [3.8, 4) is 5.75 Å². The van der Waals surface area contributed by atoms with Gasteiger partial charge in [0, 0.05) is 17.3 Å². The van der Waals surface area contributed by atoms with Gasteiger partial charge < -0.3 is 10.1 Å². The number of carbonyl (C=O) groups is 1. The first-order chi connectivity index (χ1) is 12.1. The lowest BCUT2D eigenvalue weighted by Crippen LogP contribution is -2.38. The maximum absolute atomic E-state index is 12.2. The molecule has 0 saturated carbocycles. The topological polar surface area (TPSA) is 54.5 Å². The van der Waals surface area contributed by atoms with E-state index in [9.17, 15) is 4.79 Å². The van der Waals surface area contributed by atoms with Crippen LogP contribution in [0.1, 0.15) is 24.5 Å². The maximum atomic E-state index is 12.2. The van der Waals surface area contributed by atoms with E-state index in [-0.39, 0.29) is 5.91 Å². The predicted molar refractivity (Wildman–Crippen MR) is 102 cm³/mol. The summed E-state index contributed by atoms with van der Waals surface area (Å²) in [5.41, 5.74) is 1.93. The smallest absolute Gasteiger partial charge is 0.238 e. The number of piperidine rings is 1. The van der Waals surface area contributed by atoms with E-state index in [0.717, 1.165) is 47.7 Å². The molecule has 0 radical (unpaired) electrons. The van der Waals surface area contributed by atoms with Gasteiger partial charge in [0.1, 0.15) is 10.4 Å². The number of carbonyl (C=O) groups excluding carboxylic acids is 1. The number of benzene rings is 1. The fourth-order valence-corrected chi connectivity index (χ4v) is 3.47. The highest BCUT2D eigenvalue weighted by molar-refractivity contribution is 9.10. The Balaban J connectivity index is 1.47. The Morgan fingerprint density at radius 3 is 2.60 bits per heavy atom. The van der Waals surface area contributed by atoms with Crippen LogP contribution < -0.4 is 10.1 Å². The largest absolute Gasteiger partial charge is 0.497 e. The molecule has 1 aliphatic rings. The summed E-state index contributed by atoms with van der Waals surface area (Å²) in [5.74, 6) is 1.27. The Morgan fingerprint density at radius 2 is 1.96 bits per heavy atom. The Morgan fingerprint density at radius 1 is 1.24 bits per heavy atom. The molecule has 3 rings (SSSR count). The van der Waals surface area contributed by atoms with Crippen LogP contribution in [0.3, 0.4) is 0 Å². The second-order valence-electron chi connectivity index (χ2n) is 6.21. The molecule has 0 atom stereocenters. The lowest BCUT2D eigenvalue weighted by molar-refractivity contribution is -0.117. The molecule has 2 heterocycles. The maximum Gasteiger partial charge on any atom is 0.238 e. The number of likely N-dealkylation sites (tertiary alicyclic amines) is 1. The molecule has 0 spiro atoms. The van der Waals surface area contributed by atoms with Crippen LogP contribution in [0.2, 0.25) is 0 Å². The molecule has 1 aromatic heterocycles. The van der Waals surface area contributed by atoms with E-state index in [1.165, 1.54) is 0 Å². The summed E-state index contributed by atoms with van der Waals surface area (Å²) in [6.45, 7) is 2.24. The van der Waals surface area contributed by atoms with Gasteiger partial charge in [-0.15, -0.1) is 0 Å². The third kappa shape index (κ3) is 5.03. The van der Waals surface area contributed by atoms with Crippen molar-refractivity contribution in [2.45, 2.75) is 18.8 Å². The summed E-state index contributed by atoms with van der Waals surface area (Å²) in [5, 5.41) is 2.94. The first kappa shape index (κ1) is 17.9. The van der Waals surface area contributed by atoms with Gasteiger partial charge in [0.15, 0.2) is 0 Å². The highest BCUT2D eigenvalue weighted by Gasteiger charge is 2.23. The number of pyridine rings is 1. The minimum absolute atomic E-state index is 0.0178. The fraction of sp³-hybridized carbons (Fsp3) is 0.368. The van der Waals surface area contributed by atoms with E-state index >= 15 is 0 Å². The molecular formula is C19H22BrN3O2. The van der Waals surface area contributed by atoms with Crippen molar-refractivity contribution in [1.82, 2.24) is 9.88 Å². The van der Waals surface area contributed by atoms with Gasteiger partial charge in [-0.1, -0.05) is 6.07 Å². The molecule has 25 heavy (non-hydrogen) atoms. The van der Waals surface area contributed by atoms with Crippen molar-refractivity contribution < 1.29 is 9.53 Å². The molecule has 0 unspecified atom stereocenters. The number of nitrogens with one attached hydrogen (secondary N) is 1. The number of halogens is 1. The zero-order valence-electron chi connectivity index (χ0n) is 14.2. The van der Waals surface area contributed by atoms with Crippen molar-refractivity contribution >= 4 is 27.5 Å². The summed E-state index contributed by atoms with van der Waals surface area (Å²) < 4.78 is 6.00. The number of nitrogens with zero attached hydrogens (tertiary/aromatic N) is 2. The van der Waals surface area contributed by atoms with Crippen LogP contribution in [0.4, 0.5) is 5.69 Å². The zero-order valence-corrected chi connectivity index (χ0v) is 15.8. The average Bonchev–Trinajstić information content (AvgIpc) is 2.63. The molecule has 132 valence electrons. The van der Waals surface area contributed by atoms with Gasteiger partial charge in [-0.05, 0) is 78.3 Å². The molecule has 6 heteroatoms. The third-order valence-corrected chi connectivity index (χ3v) is 4.93. The Labute approximate surface area is 156 Å². The van der Waals surface area contributed by atoms with Crippen molar-refractivity contribution in [2.75, 3.05) is 32.1 Å². The molecule has 0 bridgehead atoms. The van der Waals surface area contributed by atoms with Crippen LogP contribution in [-0.2, 0) is 4.79 Å². The second-order valence-corrected chi connectivity index (χ2v) is 7.02. The van der Waals surface area contributed by atoms with E-state index in [0.29, 0.717) is 12.5 Å². The molecule has 1 aromatic carbocycles. The quantitative estimate of drug-likeness (QED) is 0.773. The van der Waals surface area contributed by atoms with E-state index in [4.69, 9.17) is 4.74 Å². The van der Waals surface area contributed by atoms with Gasteiger partial charge in [0.25, 0.3) is 0 Å². The molecular weight excluding hydrogens is 382 g/mol. The molecule has 1 fully saturated rings. The average molecular weight is 404 g/mol. The first-order valence-electron chi connectivity index (χ1n) is 8.43. The number of ether oxygens (including phenoxy) is 1. The summed E-state index contributed by atoms with van der Waals surface area (Å²) in [6.07, 6.45) is 2.05. The number of methoxy groups -OCH3 is 1. The number of amides is 1. The molecule has 1 saturated heterocycles. The molecule has 1 aliphatic heterocycles. The number of aromatic nitrogens is 1. The molecule has 2 aromatic rings. The lowest BCUT2D eigenvalue weighted by atomic mass is 9.93. The Kier molecular flexibility index (Phi) is 6.04. The number of rotatable bonds is 5. The monoisotopic (exact) mass is 403 g/mol. The van der Waals surface area contributed by atoms with Gasteiger partial charge in [0.05, 0.1) is 13.7 Å². The fourth-order valence-electron chi connectivity index (χ4n) is 3.12. The molecule has 1 amide bonds. The third-order valence-electron chi connectivity index (χ3n) is 4.48. The normalized spacial score (nSPS) is 15.8. The van der Waals surface area contributed by atoms with Crippen molar-refractivity contribution in [3.63, 3.8) is 0 Å². The van der Waals surface area contributed by atoms with Crippen LogP contribution in [0, 0.1) is 0 Å². The molecule has 5 nitrogen and oxygen atoms in total. The van der Waals surface area contributed by atoms with Crippen LogP contribution in [0.25, 0.3) is 0 Å². The van der Waals surface area contributed by atoms with E-state index in [1.807, 2.05) is 36.4 Å². The highest BCUT2D eigenvalue weighted by Crippen LogP contribution is 2.27. The van der Waals surface area contributed by atoms with Gasteiger partial charge in [-0.3, -0.25) is 9.69 Å². The van der Waals surface area contributed by atoms with Crippen molar-refractivity contribution in [1.29, 1.82) is 0 Å². The molecule has 1 N–H and O–H groups in total. The summed E-state index contributed by atoms with van der Waals surface area (Å²) in [6, 6.07) is 13.4.